The van der Waals surface area contributed by atoms with Crippen LogP contribution < -0.4 is 11.1 Å². The fourth-order valence-corrected chi connectivity index (χ4v) is 2.80. The number of fused-ring (bicyclic) bond motifs is 1. The molecule has 6 heteroatoms. The first-order valence-corrected chi connectivity index (χ1v) is 7.08. The summed E-state index contributed by atoms with van der Waals surface area (Å²) in [7, 11) is 0. The maximum Gasteiger partial charge on any atom is 0.420 e. The topological polar surface area (TPSA) is 81.3 Å². The van der Waals surface area contributed by atoms with Crippen LogP contribution in [-0.4, -0.2) is 16.4 Å². The minimum absolute atomic E-state index is 0.226. The first-order chi connectivity index (χ1) is 10.1. The number of carbonyl (C=O) groups is 2. The molecule has 6 nitrogen and oxygen atoms in total. The minimum Gasteiger partial charge on any atom is -0.407 e. The predicted molar refractivity (Wildman–Crippen MR) is 75.9 cm³/mol. The van der Waals surface area contributed by atoms with E-state index in [0.717, 1.165) is 18.4 Å². The number of imide groups is 1. The molecule has 1 aliphatic heterocycles. The molecule has 2 amide bonds. The number of para-hydroxylation sites is 1. The molecule has 1 fully saturated rings. The highest BCUT2D eigenvalue weighted by molar-refractivity contribution is 6.00. The molecule has 1 aromatic carbocycles. The Morgan fingerprint density at radius 1 is 1.33 bits per heavy atom. The lowest BCUT2D eigenvalue weighted by Crippen LogP contribution is -2.43. The SMILES string of the molecule is CCCc1cccc2c1oc(=O)n2[C@@H]1CCC(=O)NC1=O. The lowest BCUT2D eigenvalue weighted by atomic mass is 10.0. The average molecular weight is 288 g/mol. The molecule has 1 aromatic heterocycles. The highest BCUT2D eigenvalue weighted by Crippen LogP contribution is 2.25. The number of carbonyl (C=O) groups excluding carboxylic acids is 2. The normalized spacial score (nSPS) is 19.0. The Balaban J connectivity index is 2.13. The van der Waals surface area contributed by atoms with Crippen LogP contribution in [0, 0.1) is 0 Å². The van der Waals surface area contributed by atoms with Gasteiger partial charge in [-0.1, -0.05) is 25.5 Å². The van der Waals surface area contributed by atoms with E-state index in [-0.39, 0.29) is 12.3 Å². The van der Waals surface area contributed by atoms with Crippen LogP contribution >= 0.6 is 0 Å². The van der Waals surface area contributed by atoms with Crippen molar-refractivity contribution in [1.82, 2.24) is 9.88 Å². The van der Waals surface area contributed by atoms with Crippen molar-refractivity contribution in [3.8, 4) is 0 Å². The Kier molecular flexibility index (Phi) is 3.37. The highest BCUT2D eigenvalue weighted by Gasteiger charge is 2.31. The largest absolute Gasteiger partial charge is 0.420 e. The van der Waals surface area contributed by atoms with Gasteiger partial charge in [-0.05, 0) is 24.5 Å². The third-order valence-corrected chi connectivity index (χ3v) is 3.76. The Bertz CT molecular complexity index is 772. The monoisotopic (exact) mass is 288 g/mol. The first kappa shape index (κ1) is 13.6. The molecule has 1 N–H and O–H groups in total. The zero-order chi connectivity index (χ0) is 15.0. The van der Waals surface area contributed by atoms with Crippen molar-refractivity contribution in [2.75, 3.05) is 0 Å². The molecule has 0 unspecified atom stereocenters. The van der Waals surface area contributed by atoms with Gasteiger partial charge in [-0.25, -0.2) is 4.79 Å². The number of aromatic nitrogens is 1. The van der Waals surface area contributed by atoms with Crippen molar-refractivity contribution in [3.05, 3.63) is 34.3 Å². The lowest BCUT2D eigenvalue weighted by Gasteiger charge is -2.21. The molecule has 1 atom stereocenters. The fraction of sp³-hybridized carbons (Fsp3) is 0.400. The Morgan fingerprint density at radius 2 is 2.14 bits per heavy atom. The fourth-order valence-electron chi connectivity index (χ4n) is 2.80. The van der Waals surface area contributed by atoms with Crippen LogP contribution in [0.1, 0.15) is 37.8 Å². The number of rotatable bonds is 3. The van der Waals surface area contributed by atoms with E-state index in [2.05, 4.69) is 5.32 Å². The van der Waals surface area contributed by atoms with E-state index in [1.807, 2.05) is 19.1 Å². The summed E-state index contributed by atoms with van der Waals surface area (Å²) in [5.41, 5.74) is 2.10. The second kappa shape index (κ2) is 5.20. The molecule has 0 radical (unpaired) electrons. The molecule has 2 aromatic rings. The second-order valence-electron chi connectivity index (χ2n) is 5.22. The molecule has 2 heterocycles. The molecule has 110 valence electrons. The molecule has 0 aliphatic carbocycles. The maximum atomic E-state index is 12.2. The van der Waals surface area contributed by atoms with Crippen molar-refractivity contribution >= 4 is 22.9 Å². The van der Waals surface area contributed by atoms with Crippen molar-refractivity contribution < 1.29 is 14.0 Å². The van der Waals surface area contributed by atoms with Crippen LogP contribution in [-0.2, 0) is 16.0 Å². The smallest absolute Gasteiger partial charge is 0.407 e. The summed E-state index contributed by atoms with van der Waals surface area (Å²) >= 11 is 0. The van der Waals surface area contributed by atoms with Crippen molar-refractivity contribution in [3.63, 3.8) is 0 Å². The van der Waals surface area contributed by atoms with Crippen LogP contribution in [0.25, 0.3) is 11.1 Å². The van der Waals surface area contributed by atoms with Gasteiger partial charge in [-0.15, -0.1) is 0 Å². The van der Waals surface area contributed by atoms with Gasteiger partial charge in [0.25, 0.3) is 0 Å². The number of oxazole rings is 1. The Labute approximate surface area is 120 Å². The number of piperidine rings is 1. The highest BCUT2D eigenvalue weighted by atomic mass is 16.4. The maximum absolute atomic E-state index is 12.2. The molecular weight excluding hydrogens is 272 g/mol. The van der Waals surface area contributed by atoms with Crippen molar-refractivity contribution in [2.24, 2.45) is 0 Å². The second-order valence-corrected chi connectivity index (χ2v) is 5.22. The number of hydrogen-bond donors (Lipinski definition) is 1. The Morgan fingerprint density at radius 3 is 2.86 bits per heavy atom. The van der Waals surface area contributed by atoms with Gasteiger partial charge in [0, 0.05) is 6.42 Å². The van der Waals surface area contributed by atoms with Crippen molar-refractivity contribution in [1.29, 1.82) is 0 Å². The molecule has 1 aliphatic rings. The van der Waals surface area contributed by atoms with Gasteiger partial charge >= 0.3 is 5.76 Å². The van der Waals surface area contributed by atoms with E-state index in [4.69, 9.17) is 4.42 Å². The van der Waals surface area contributed by atoms with E-state index in [1.54, 1.807) is 6.07 Å². The molecule has 21 heavy (non-hydrogen) atoms. The summed E-state index contributed by atoms with van der Waals surface area (Å²) in [6.45, 7) is 2.05. The molecule has 0 spiro atoms. The summed E-state index contributed by atoms with van der Waals surface area (Å²) in [5.74, 6) is -1.30. The zero-order valence-corrected chi connectivity index (χ0v) is 11.7. The lowest BCUT2D eigenvalue weighted by molar-refractivity contribution is -0.135. The molecule has 0 saturated carbocycles. The first-order valence-electron chi connectivity index (χ1n) is 7.08. The summed E-state index contributed by atoms with van der Waals surface area (Å²) in [5, 5.41) is 2.27. The standard InChI is InChI=1S/C15H16N2O4/c1-2-4-9-5-3-6-10-13(9)21-15(20)17(10)11-7-8-12(18)16-14(11)19/h3,5-6,11H,2,4,7-8H2,1H3,(H,16,18,19)/t11-/m1/s1. The van der Waals surface area contributed by atoms with E-state index < -0.39 is 17.7 Å². The van der Waals surface area contributed by atoms with Gasteiger partial charge < -0.3 is 4.42 Å². The van der Waals surface area contributed by atoms with E-state index in [0.29, 0.717) is 17.5 Å². The minimum atomic E-state index is -0.687. The van der Waals surface area contributed by atoms with Gasteiger partial charge in [0.15, 0.2) is 5.58 Å². The van der Waals surface area contributed by atoms with Crippen molar-refractivity contribution in [2.45, 2.75) is 38.6 Å². The van der Waals surface area contributed by atoms with Gasteiger partial charge in [0.1, 0.15) is 6.04 Å². The number of amides is 2. The number of nitrogens with zero attached hydrogens (tertiary/aromatic N) is 1. The molecule has 1 saturated heterocycles. The molecular formula is C15H16N2O4. The van der Waals surface area contributed by atoms with Gasteiger partial charge in [-0.2, -0.15) is 0 Å². The number of nitrogens with one attached hydrogen (secondary N) is 1. The Hall–Kier alpha value is -2.37. The number of benzene rings is 1. The number of hydrogen-bond acceptors (Lipinski definition) is 4. The van der Waals surface area contributed by atoms with Crippen LogP contribution in [0.4, 0.5) is 0 Å². The summed E-state index contributed by atoms with van der Waals surface area (Å²) in [6.07, 6.45) is 2.29. The van der Waals surface area contributed by atoms with E-state index in [9.17, 15) is 14.4 Å². The third-order valence-electron chi connectivity index (χ3n) is 3.76. The van der Waals surface area contributed by atoms with Gasteiger partial charge in [0.2, 0.25) is 11.8 Å². The van der Waals surface area contributed by atoms with Crippen LogP contribution in [0.3, 0.4) is 0 Å². The van der Waals surface area contributed by atoms with Crippen LogP contribution in [0.2, 0.25) is 0 Å². The van der Waals surface area contributed by atoms with Gasteiger partial charge in [0.05, 0.1) is 5.52 Å². The van der Waals surface area contributed by atoms with E-state index >= 15 is 0 Å². The third kappa shape index (κ3) is 2.26. The summed E-state index contributed by atoms with van der Waals surface area (Å²) < 4.78 is 6.71. The van der Waals surface area contributed by atoms with E-state index in [1.165, 1.54) is 4.57 Å². The zero-order valence-electron chi connectivity index (χ0n) is 11.7. The number of aryl methyl sites for hydroxylation is 1. The quantitative estimate of drug-likeness (QED) is 0.868. The van der Waals surface area contributed by atoms with Crippen LogP contribution in [0.15, 0.2) is 27.4 Å². The van der Waals surface area contributed by atoms with Crippen LogP contribution in [0.5, 0.6) is 0 Å². The molecule has 3 rings (SSSR count). The summed E-state index contributed by atoms with van der Waals surface area (Å²) in [4.78, 5) is 35.4. The predicted octanol–water partition coefficient (Wildman–Crippen LogP) is 1.52. The molecule has 0 bridgehead atoms. The summed E-state index contributed by atoms with van der Waals surface area (Å²) in [6, 6.07) is 4.85. The van der Waals surface area contributed by atoms with Gasteiger partial charge in [-0.3, -0.25) is 19.5 Å². The average Bonchev–Trinajstić information content (AvgIpc) is 2.77.